The van der Waals surface area contributed by atoms with E-state index in [-0.39, 0.29) is 72.1 Å². The summed E-state index contributed by atoms with van der Waals surface area (Å²) in [7, 11) is 0. The monoisotopic (exact) mass is 300 g/mol. The van der Waals surface area contributed by atoms with Gasteiger partial charge < -0.3 is 37.1 Å². The maximum absolute atomic E-state index is 0. The average molecular weight is 299 g/mol. The Balaban J connectivity index is 0. The fourth-order valence-electron chi connectivity index (χ4n) is 0. The van der Waals surface area contributed by atoms with E-state index >= 15 is 0 Å². The predicted molar refractivity (Wildman–Crippen MR) is 45.5 cm³/mol. The molecule has 1 heteroatoms. The second kappa shape index (κ2) is 802. The van der Waals surface area contributed by atoms with Gasteiger partial charge in [-0.1, -0.05) is 14.9 Å². The van der Waals surface area contributed by atoms with E-state index in [2.05, 4.69) is 0 Å². The van der Waals surface area contributed by atoms with Gasteiger partial charge in [-0.2, -0.15) is 0 Å². The third-order valence-corrected chi connectivity index (χ3v) is 0. The van der Waals surface area contributed by atoms with E-state index in [1.807, 2.05) is 0 Å². The van der Waals surface area contributed by atoms with Crippen LogP contribution in [0.4, 0.5) is 0 Å². The molecule has 0 aliphatic carbocycles. The summed E-state index contributed by atoms with van der Waals surface area (Å²) in [5.41, 5.74) is 0. The van der Waals surface area contributed by atoms with E-state index < -0.39 is 0 Å². The maximum Gasteiger partial charge on any atom is 0 e. The summed E-state index contributed by atoms with van der Waals surface area (Å²) >= 11 is 0. The molecular formula is C7H23Ir-5. The number of rotatable bonds is 0. The third kappa shape index (κ3) is 503. The Kier molecular flexibility index (Phi) is 120000. The molecule has 0 aromatic rings. The van der Waals surface area contributed by atoms with Crippen molar-refractivity contribution in [1.82, 2.24) is 0 Å². The van der Waals surface area contributed by atoms with E-state index in [0.29, 0.717) is 0 Å². The molecule has 1 radical (unpaired) electrons. The molecule has 0 atom stereocenters. The summed E-state index contributed by atoms with van der Waals surface area (Å²) in [6, 6.07) is 0. The molecule has 0 N–H and O–H groups in total. The molecule has 0 saturated heterocycles. The second-order valence-corrected chi connectivity index (χ2v) is 0. The summed E-state index contributed by atoms with van der Waals surface area (Å²) < 4.78 is 0. The molecule has 0 unspecified atom stereocenters. The van der Waals surface area contributed by atoms with E-state index in [4.69, 9.17) is 0 Å². The van der Waals surface area contributed by atoms with E-state index in [1.165, 1.54) is 0 Å². The molecule has 0 heterocycles. The van der Waals surface area contributed by atoms with Crippen LogP contribution in [-0.2, 0) is 20.1 Å². The predicted octanol–water partition coefficient (Wildman–Crippen LogP) is 3.52. The van der Waals surface area contributed by atoms with Crippen LogP contribution in [0.15, 0.2) is 0 Å². The molecule has 0 aliphatic rings. The van der Waals surface area contributed by atoms with Crippen molar-refractivity contribution in [3.8, 4) is 0 Å². The van der Waals surface area contributed by atoms with Gasteiger partial charge in [-0.25, -0.2) is 0 Å². The smallest absolute Gasteiger partial charge is 0 e. The Morgan fingerprint density at radius 3 is 0.375 bits per heavy atom. The molecule has 0 bridgehead atoms. The van der Waals surface area contributed by atoms with Gasteiger partial charge in [0.25, 0.3) is 0 Å². The summed E-state index contributed by atoms with van der Waals surface area (Å²) in [5, 5.41) is 0. The van der Waals surface area contributed by atoms with Gasteiger partial charge in [0, 0.05) is 20.1 Å². The van der Waals surface area contributed by atoms with Crippen molar-refractivity contribution in [2.75, 3.05) is 0 Å². The van der Waals surface area contributed by atoms with Gasteiger partial charge >= 0.3 is 0 Å². The zero-order valence-electron chi connectivity index (χ0n) is 5.33. The van der Waals surface area contributed by atoms with E-state index in [9.17, 15) is 0 Å². The standard InChI is InChI=1S/2CH4.5CH3.Ir/h2*1H4;5*1H3;/q;;5*-1;. The summed E-state index contributed by atoms with van der Waals surface area (Å²) in [5.74, 6) is 0. The summed E-state index contributed by atoms with van der Waals surface area (Å²) in [6.45, 7) is 0. The number of hydrogen-bond donors (Lipinski definition) is 0. The quantitative estimate of drug-likeness (QED) is 0.600. The molecule has 8 heavy (non-hydrogen) atoms. The van der Waals surface area contributed by atoms with Crippen LogP contribution in [0, 0.1) is 37.1 Å². The van der Waals surface area contributed by atoms with Crippen LogP contribution in [0.1, 0.15) is 14.9 Å². The van der Waals surface area contributed by atoms with E-state index in [1.54, 1.807) is 0 Å². The zero-order valence-corrected chi connectivity index (χ0v) is 7.73. The Bertz CT molecular complexity index is 4.35. The Morgan fingerprint density at radius 2 is 0.375 bits per heavy atom. The molecule has 65 valence electrons. The van der Waals surface area contributed by atoms with Gasteiger partial charge in [0.05, 0.1) is 0 Å². The van der Waals surface area contributed by atoms with Gasteiger partial charge in [0.15, 0.2) is 0 Å². The molecule has 0 rings (SSSR count). The average Bonchev–Trinajstić information content (AvgIpc) is 0. The maximum atomic E-state index is 0. The van der Waals surface area contributed by atoms with Crippen LogP contribution in [0.2, 0.25) is 0 Å². The van der Waals surface area contributed by atoms with Crippen LogP contribution in [0.3, 0.4) is 0 Å². The van der Waals surface area contributed by atoms with Gasteiger partial charge in [0.1, 0.15) is 0 Å². The first-order valence-corrected chi connectivity index (χ1v) is 0. The topological polar surface area (TPSA) is 0 Å². The fourth-order valence-corrected chi connectivity index (χ4v) is 0. The first-order valence-electron chi connectivity index (χ1n) is 0. The first kappa shape index (κ1) is 1200. The largest absolute Gasteiger partial charge is 0.358 e. The van der Waals surface area contributed by atoms with Gasteiger partial charge in [-0.15, -0.1) is 0 Å². The molecule has 0 aliphatic heterocycles. The van der Waals surface area contributed by atoms with Gasteiger partial charge in [-0.05, 0) is 0 Å². The van der Waals surface area contributed by atoms with Crippen molar-refractivity contribution in [2.45, 2.75) is 14.9 Å². The summed E-state index contributed by atoms with van der Waals surface area (Å²) in [6.07, 6.45) is 0. The van der Waals surface area contributed by atoms with Crippen LogP contribution < -0.4 is 0 Å². The van der Waals surface area contributed by atoms with Crippen molar-refractivity contribution in [1.29, 1.82) is 0 Å². The van der Waals surface area contributed by atoms with Crippen LogP contribution in [0.25, 0.3) is 0 Å². The van der Waals surface area contributed by atoms with Crippen molar-refractivity contribution in [3.05, 3.63) is 37.1 Å². The molecule has 0 nitrogen and oxygen atoms in total. The molecule has 0 aromatic heterocycles. The van der Waals surface area contributed by atoms with Crippen molar-refractivity contribution in [2.24, 2.45) is 0 Å². The molecule has 0 aromatic carbocycles. The Hall–Kier alpha value is 0.649. The van der Waals surface area contributed by atoms with Crippen molar-refractivity contribution >= 4 is 0 Å². The molecule has 0 saturated carbocycles. The molecule has 0 amide bonds. The van der Waals surface area contributed by atoms with Crippen molar-refractivity contribution < 1.29 is 20.1 Å². The molecule has 0 spiro atoms. The first-order chi connectivity index (χ1) is 0. The molecular weight excluding hydrogens is 276 g/mol. The minimum atomic E-state index is 0. The normalized spacial score (nSPS) is 0. The van der Waals surface area contributed by atoms with Crippen LogP contribution in [0.5, 0.6) is 0 Å². The minimum Gasteiger partial charge on any atom is -0.358 e. The fraction of sp³-hybridized carbons (Fsp3) is 0.286. The van der Waals surface area contributed by atoms with E-state index in [0.717, 1.165) is 0 Å². The SMILES string of the molecule is C.C.[CH3-].[CH3-].[CH3-].[CH3-].[CH3-].[Ir]. The molecule has 0 fully saturated rings. The number of hydrogen-bond acceptors (Lipinski definition) is 0. The minimum absolute atomic E-state index is 0. The summed E-state index contributed by atoms with van der Waals surface area (Å²) in [4.78, 5) is 0. The Morgan fingerprint density at radius 1 is 0.375 bits per heavy atom. The Labute approximate surface area is 72.4 Å². The van der Waals surface area contributed by atoms with Gasteiger partial charge in [0.2, 0.25) is 0 Å². The third-order valence-electron chi connectivity index (χ3n) is 0. The van der Waals surface area contributed by atoms with Crippen molar-refractivity contribution in [3.63, 3.8) is 0 Å². The zero-order chi connectivity index (χ0) is 0. The second-order valence-electron chi connectivity index (χ2n) is 0. The van der Waals surface area contributed by atoms with Gasteiger partial charge in [-0.3, -0.25) is 0 Å². The van der Waals surface area contributed by atoms with Crippen LogP contribution >= 0.6 is 0 Å². The van der Waals surface area contributed by atoms with Crippen LogP contribution in [-0.4, -0.2) is 0 Å².